The Kier molecular flexibility index (Phi) is 2.82. The van der Waals surface area contributed by atoms with Crippen LogP contribution in [0.4, 0.5) is 4.79 Å². The summed E-state index contributed by atoms with van der Waals surface area (Å²) in [7, 11) is 0. The van der Waals surface area contributed by atoms with Gasteiger partial charge in [-0.15, -0.1) is 9.78 Å². The van der Waals surface area contributed by atoms with Gasteiger partial charge in [0.2, 0.25) is 0 Å². The lowest BCUT2D eigenvalue weighted by Crippen LogP contribution is -2.30. The molecule has 1 fully saturated rings. The van der Waals surface area contributed by atoms with Crippen molar-refractivity contribution in [3.63, 3.8) is 0 Å². The Labute approximate surface area is 82.5 Å². The minimum Gasteiger partial charge on any atom is -0.428 e. The smallest absolute Gasteiger partial charge is 0.428 e. The molecule has 0 spiro atoms. The molecule has 1 aliphatic heterocycles. The third-order valence-corrected chi connectivity index (χ3v) is 1.93. The van der Waals surface area contributed by atoms with E-state index in [2.05, 4.69) is 16.4 Å². The van der Waals surface area contributed by atoms with Crippen LogP contribution in [0.2, 0.25) is 0 Å². The molecule has 0 aliphatic carbocycles. The Hall–Kier alpha value is -1.07. The number of hydrogen-bond acceptors (Lipinski definition) is 5. The molecule has 0 aromatic carbocycles. The van der Waals surface area contributed by atoms with Gasteiger partial charge in [-0.3, -0.25) is 0 Å². The first-order valence-corrected chi connectivity index (χ1v) is 4.35. The average Bonchev–Trinajstić information content (AvgIpc) is 2.84. The molecule has 0 N–H and O–H groups in total. The summed E-state index contributed by atoms with van der Waals surface area (Å²) in [5.41, 5.74) is -0.561. The summed E-state index contributed by atoms with van der Waals surface area (Å²) in [5, 5.41) is 0. The van der Waals surface area contributed by atoms with Crippen LogP contribution < -0.4 is 0 Å². The van der Waals surface area contributed by atoms with Crippen LogP contribution in [0.5, 0.6) is 0 Å². The van der Waals surface area contributed by atoms with E-state index in [1.54, 1.807) is 13.8 Å². The monoisotopic (exact) mass is 202 g/mol. The van der Waals surface area contributed by atoms with Crippen LogP contribution in [0.15, 0.2) is 12.7 Å². The van der Waals surface area contributed by atoms with Crippen molar-refractivity contribution < 1.29 is 24.0 Å². The van der Waals surface area contributed by atoms with E-state index in [-0.39, 0.29) is 0 Å². The summed E-state index contributed by atoms with van der Waals surface area (Å²) >= 11 is 0. The van der Waals surface area contributed by atoms with E-state index in [0.29, 0.717) is 6.42 Å². The maximum absolute atomic E-state index is 11.2. The van der Waals surface area contributed by atoms with Crippen LogP contribution in [-0.4, -0.2) is 17.7 Å². The molecule has 1 saturated heterocycles. The van der Waals surface area contributed by atoms with Gasteiger partial charge in [0.15, 0.2) is 0 Å². The average molecular weight is 202 g/mol. The standard InChI is InChI=1S/C9H14O5/c1-5-8(3,4)11-7(10)12-9(6-2)13-14-9/h6H,2,5H2,1,3-4H3. The highest BCUT2D eigenvalue weighted by atomic mass is 17.5. The zero-order valence-corrected chi connectivity index (χ0v) is 8.53. The first-order valence-electron chi connectivity index (χ1n) is 4.35. The first-order chi connectivity index (χ1) is 6.43. The van der Waals surface area contributed by atoms with Crippen molar-refractivity contribution in [1.82, 2.24) is 0 Å². The molecule has 0 bridgehead atoms. The van der Waals surface area contributed by atoms with Crippen LogP contribution in [0.25, 0.3) is 0 Å². The topological polar surface area (TPSA) is 60.6 Å². The number of carbonyl (C=O) groups is 1. The van der Waals surface area contributed by atoms with Crippen LogP contribution in [-0.2, 0) is 19.2 Å². The fourth-order valence-electron chi connectivity index (χ4n) is 0.620. The molecular formula is C9H14O5. The van der Waals surface area contributed by atoms with Gasteiger partial charge >= 0.3 is 12.1 Å². The van der Waals surface area contributed by atoms with Gasteiger partial charge < -0.3 is 9.47 Å². The molecule has 5 heteroatoms. The van der Waals surface area contributed by atoms with Crippen LogP contribution in [0.3, 0.4) is 0 Å². The summed E-state index contributed by atoms with van der Waals surface area (Å²) < 4.78 is 9.71. The van der Waals surface area contributed by atoms with Crippen molar-refractivity contribution in [3.05, 3.63) is 12.7 Å². The molecule has 0 unspecified atom stereocenters. The summed E-state index contributed by atoms with van der Waals surface area (Å²) in [6.07, 6.45) is 1.08. The molecule has 0 atom stereocenters. The maximum Gasteiger partial charge on any atom is 0.513 e. The van der Waals surface area contributed by atoms with Crippen LogP contribution >= 0.6 is 0 Å². The lowest BCUT2D eigenvalue weighted by molar-refractivity contribution is -0.0590. The predicted molar refractivity (Wildman–Crippen MR) is 47.0 cm³/mol. The second-order valence-corrected chi connectivity index (χ2v) is 3.54. The third-order valence-electron chi connectivity index (χ3n) is 1.93. The lowest BCUT2D eigenvalue weighted by atomic mass is 10.1. The fourth-order valence-corrected chi connectivity index (χ4v) is 0.620. The van der Waals surface area contributed by atoms with Gasteiger partial charge in [0.25, 0.3) is 0 Å². The second kappa shape index (κ2) is 3.59. The van der Waals surface area contributed by atoms with Gasteiger partial charge in [-0.25, -0.2) is 4.79 Å². The summed E-state index contributed by atoms with van der Waals surface area (Å²) in [6, 6.07) is 0. The molecule has 1 rings (SSSR count). The molecule has 5 nitrogen and oxygen atoms in total. The zero-order valence-electron chi connectivity index (χ0n) is 8.53. The molecule has 0 saturated carbocycles. The molecule has 0 amide bonds. The Morgan fingerprint density at radius 2 is 2.14 bits per heavy atom. The molecule has 80 valence electrons. The zero-order chi connectivity index (χ0) is 10.8. The molecule has 1 aliphatic rings. The van der Waals surface area contributed by atoms with Gasteiger partial charge in [0, 0.05) is 6.08 Å². The van der Waals surface area contributed by atoms with E-state index >= 15 is 0 Å². The number of ether oxygens (including phenoxy) is 2. The van der Waals surface area contributed by atoms with Crippen molar-refractivity contribution in [2.24, 2.45) is 0 Å². The van der Waals surface area contributed by atoms with E-state index in [0.717, 1.165) is 0 Å². The quantitative estimate of drug-likeness (QED) is 0.302. The van der Waals surface area contributed by atoms with Crippen LogP contribution in [0, 0.1) is 0 Å². The Morgan fingerprint density at radius 3 is 2.50 bits per heavy atom. The van der Waals surface area contributed by atoms with Crippen LogP contribution in [0.1, 0.15) is 27.2 Å². The van der Waals surface area contributed by atoms with E-state index in [4.69, 9.17) is 9.47 Å². The number of hydrogen-bond donors (Lipinski definition) is 0. The Bertz CT molecular complexity index is 242. The van der Waals surface area contributed by atoms with E-state index < -0.39 is 17.7 Å². The van der Waals surface area contributed by atoms with E-state index in [1.165, 1.54) is 6.08 Å². The first kappa shape index (κ1) is 11.0. The normalized spacial score (nSPS) is 18.5. The lowest BCUT2D eigenvalue weighted by Gasteiger charge is -2.22. The second-order valence-electron chi connectivity index (χ2n) is 3.54. The van der Waals surface area contributed by atoms with Gasteiger partial charge in [0.1, 0.15) is 5.60 Å². The van der Waals surface area contributed by atoms with Gasteiger partial charge in [0.05, 0.1) is 0 Å². The van der Waals surface area contributed by atoms with Gasteiger partial charge in [-0.1, -0.05) is 13.5 Å². The molecule has 1 heterocycles. The largest absolute Gasteiger partial charge is 0.513 e. The Balaban J connectivity index is 2.40. The minimum atomic E-state index is -1.43. The van der Waals surface area contributed by atoms with Crippen molar-refractivity contribution in [2.75, 3.05) is 0 Å². The summed E-state index contributed by atoms with van der Waals surface area (Å²) in [6.45, 7) is 8.85. The maximum atomic E-state index is 11.2. The van der Waals surface area contributed by atoms with Gasteiger partial charge in [-0.05, 0) is 20.3 Å². The molecular weight excluding hydrogens is 188 g/mol. The van der Waals surface area contributed by atoms with Crippen molar-refractivity contribution in [3.8, 4) is 0 Å². The summed E-state index contributed by atoms with van der Waals surface area (Å²) in [4.78, 5) is 20.0. The minimum absolute atomic E-state index is 0.561. The third kappa shape index (κ3) is 2.71. The fraction of sp³-hybridized carbons (Fsp3) is 0.667. The highest BCUT2D eigenvalue weighted by Gasteiger charge is 2.52. The van der Waals surface area contributed by atoms with E-state index in [9.17, 15) is 4.79 Å². The number of carbonyl (C=O) groups excluding carboxylic acids is 1. The molecule has 0 aromatic rings. The SMILES string of the molecule is C=CC1(OC(=O)OC(C)(C)CC)OO1. The molecule has 14 heavy (non-hydrogen) atoms. The molecule has 0 radical (unpaired) electrons. The van der Waals surface area contributed by atoms with Crippen molar-refractivity contribution >= 4 is 6.16 Å². The summed E-state index contributed by atoms with van der Waals surface area (Å²) in [5.74, 6) is -1.43. The number of rotatable bonds is 4. The highest BCUT2D eigenvalue weighted by molar-refractivity contribution is 5.61. The predicted octanol–water partition coefficient (Wildman–Crippen LogP) is 2.13. The highest BCUT2D eigenvalue weighted by Crippen LogP contribution is 2.32. The van der Waals surface area contributed by atoms with Gasteiger partial charge in [-0.2, -0.15) is 0 Å². The van der Waals surface area contributed by atoms with Crippen molar-refractivity contribution in [1.29, 1.82) is 0 Å². The van der Waals surface area contributed by atoms with E-state index in [1.807, 2.05) is 6.92 Å². The molecule has 0 aromatic heterocycles. The Morgan fingerprint density at radius 1 is 1.57 bits per heavy atom. The van der Waals surface area contributed by atoms with Crippen molar-refractivity contribution in [2.45, 2.75) is 38.8 Å².